The van der Waals surface area contributed by atoms with Crippen LogP contribution in [-0.4, -0.2) is 34.1 Å². The molecule has 6 heteroatoms. The minimum absolute atomic E-state index is 0.284. The molecular formula is C12H21N3O2S. The lowest BCUT2D eigenvalue weighted by Gasteiger charge is -2.13. The highest BCUT2D eigenvalue weighted by Crippen LogP contribution is 2.11. The number of rotatable bonds is 7. The first kappa shape index (κ1) is 15.1. The van der Waals surface area contributed by atoms with Crippen LogP contribution < -0.4 is 10.1 Å². The molecule has 0 spiro atoms. The van der Waals surface area contributed by atoms with E-state index in [9.17, 15) is 8.42 Å². The molecule has 5 nitrogen and oxygen atoms in total. The second-order valence-corrected chi connectivity index (χ2v) is 5.97. The van der Waals surface area contributed by atoms with Gasteiger partial charge in [-0.2, -0.15) is 0 Å². The van der Waals surface area contributed by atoms with Gasteiger partial charge in [-0.3, -0.25) is 0 Å². The predicted molar refractivity (Wildman–Crippen MR) is 72.4 cm³/mol. The van der Waals surface area contributed by atoms with Crippen molar-refractivity contribution in [3.8, 4) is 0 Å². The fraction of sp³-hybridized carbons (Fsp3) is 0.500. The predicted octanol–water partition coefficient (Wildman–Crippen LogP) is 0.941. The summed E-state index contributed by atoms with van der Waals surface area (Å²) >= 11 is 0. The summed E-state index contributed by atoms with van der Waals surface area (Å²) in [4.78, 5) is 2.70. The van der Waals surface area contributed by atoms with Gasteiger partial charge in [0.2, 0.25) is 0 Å². The van der Waals surface area contributed by atoms with Crippen LogP contribution in [0.25, 0.3) is 0 Å². The number of hydrogen-bond donors (Lipinski definition) is 2. The lowest BCUT2D eigenvalue weighted by molar-refractivity contribution is 0.364. The first-order valence-electron chi connectivity index (χ1n) is 5.95. The van der Waals surface area contributed by atoms with Crippen molar-refractivity contribution in [1.29, 1.82) is 0 Å². The number of nitrogens with one attached hydrogen (secondary N) is 2. The van der Waals surface area contributed by atoms with Crippen molar-refractivity contribution in [3.63, 3.8) is 0 Å². The number of nitrogens with zero attached hydrogens (tertiary/aromatic N) is 1. The van der Waals surface area contributed by atoms with Crippen LogP contribution in [-0.2, 0) is 16.6 Å². The van der Waals surface area contributed by atoms with Gasteiger partial charge in [0.15, 0.2) is 0 Å². The van der Waals surface area contributed by atoms with Gasteiger partial charge in [0.1, 0.15) is 0 Å². The van der Waals surface area contributed by atoms with Gasteiger partial charge >= 0.3 is 0 Å². The third-order valence-electron chi connectivity index (χ3n) is 2.27. The molecule has 18 heavy (non-hydrogen) atoms. The summed E-state index contributed by atoms with van der Waals surface area (Å²) in [5, 5.41) is 4.66. The monoisotopic (exact) mass is 271 g/mol. The van der Waals surface area contributed by atoms with Gasteiger partial charge in [-0.1, -0.05) is 19.1 Å². The van der Waals surface area contributed by atoms with Crippen LogP contribution in [0.2, 0.25) is 0 Å². The Bertz CT molecular complexity index is 472. The summed E-state index contributed by atoms with van der Waals surface area (Å²) < 4.78 is 23.9. The number of hydrazine groups is 1. The van der Waals surface area contributed by atoms with Crippen molar-refractivity contribution in [3.05, 3.63) is 29.8 Å². The lowest BCUT2D eigenvalue weighted by atomic mass is 10.2. The Hall–Kier alpha value is -0.950. The minimum Gasteiger partial charge on any atom is -0.313 e. The molecule has 0 fully saturated rings. The number of sulfonamides is 1. The highest BCUT2D eigenvalue weighted by molar-refractivity contribution is 7.89. The zero-order chi connectivity index (χ0) is 13.6. The van der Waals surface area contributed by atoms with E-state index in [0.717, 1.165) is 18.5 Å². The largest absolute Gasteiger partial charge is 0.313 e. The third-order valence-corrected chi connectivity index (χ3v) is 3.75. The highest BCUT2D eigenvalue weighted by Gasteiger charge is 2.14. The summed E-state index contributed by atoms with van der Waals surface area (Å²) in [6.07, 6.45) is 1.06. The van der Waals surface area contributed by atoms with Gasteiger partial charge in [0.25, 0.3) is 10.0 Å². The fourth-order valence-corrected chi connectivity index (χ4v) is 2.68. The number of hydrogen-bond acceptors (Lipinski definition) is 4. The summed E-state index contributed by atoms with van der Waals surface area (Å²) in [7, 11) is -0.178. The lowest BCUT2D eigenvalue weighted by Crippen LogP contribution is -2.36. The van der Waals surface area contributed by atoms with Crippen LogP contribution in [0, 0.1) is 0 Å². The SMILES string of the molecule is CCCNCc1cccc(S(=O)(=O)NN(C)C)c1. The van der Waals surface area contributed by atoms with Crippen molar-refractivity contribution in [2.75, 3.05) is 20.6 Å². The number of benzene rings is 1. The molecule has 2 N–H and O–H groups in total. The quantitative estimate of drug-likeness (QED) is 0.572. The highest BCUT2D eigenvalue weighted by atomic mass is 32.2. The fourth-order valence-electron chi connectivity index (χ4n) is 1.53. The van der Waals surface area contributed by atoms with E-state index in [2.05, 4.69) is 17.1 Å². The molecule has 102 valence electrons. The molecule has 0 amide bonds. The van der Waals surface area contributed by atoms with Gasteiger partial charge in [0, 0.05) is 20.6 Å². The summed E-state index contributed by atoms with van der Waals surface area (Å²) in [5.74, 6) is 0. The van der Waals surface area contributed by atoms with Gasteiger partial charge < -0.3 is 5.32 Å². The van der Waals surface area contributed by atoms with E-state index in [1.165, 1.54) is 5.01 Å². The van der Waals surface area contributed by atoms with Crippen molar-refractivity contribution in [1.82, 2.24) is 15.2 Å². The van der Waals surface area contributed by atoms with Gasteiger partial charge in [0.05, 0.1) is 4.90 Å². The molecule has 0 unspecified atom stereocenters. The standard InChI is InChI=1S/C12H21N3O2S/c1-4-8-13-10-11-6-5-7-12(9-11)18(16,17)14-15(2)3/h5-7,9,13-14H,4,8,10H2,1-3H3. The van der Waals surface area contributed by atoms with Crippen LogP contribution in [0.3, 0.4) is 0 Å². The summed E-state index contributed by atoms with van der Waals surface area (Å²) in [5.41, 5.74) is 0.963. The van der Waals surface area contributed by atoms with E-state index in [4.69, 9.17) is 0 Å². The van der Waals surface area contributed by atoms with E-state index in [-0.39, 0.29) is 4.90 Å². The molecule has 0 aliphatic rings. The molecule has 0 aliphatic carbocycles. The first-order chi connectivity index (χ1) is 8.45. The molecule has 1 aromatic carbocycles. The van der Waals surface area contributed by atoms with E-state index in [1.54, 1.807) is 32.3 Å². The Labute approximate surface area is 109 Å². The molecule has 0 atom stereocenters. The average Bonchev–Trinajstić information content (AvgIpc) is 2.28. The molecule has 0 saturated carbocycles. The van der Waals surface area contributed by atoms with Crippen LogP contribution in [0.4, 0.5) is 0 Å². The van der Waals surface area contributed by atoms with Crippen molar-refractivity contribution < 1.29 is 8.42 Å². The van der Waals surface area contributed by atoms with Crippen LogP contribution in [0.5, 0.6) is 0 Å². The van der Waals surface area contributed by atoms with E-state index < -0.39 is 10.0 Å². The molecule has 0 radical (unpaired) electrons. The summed E-state index contributed by atoms with van der Waals surface area (Å²) in [6, 6.07) is 6.95. The second kappa shape index (κ2) is 6.84. The molecule has 0 bridgehead atoms. The Kier molecular flexibility index (Phi) is 5.74. The van der Waals surface area contributed by atoms with Crippen molar-refractivity contribution in [2.24, 2.45) is 0 Å². The van der Waals surface area contributed by atoms with Crippen LogP contribution in [0.15, 0.2) is 29.2 Å². The Morgan fingerprint density at radius 3 is 2.61 bits per heavy atom. The average molecular weight is 271 g/mol. The molecule has 0 heterocycles. The molecule has 1 aromatic rings. The smallest absolute Gasteiger partial charge is 0.253 e. The third kappa shape index (κ3) is 4.73. The topological polar surface area (TPSA) is 61.4 Å². The molecule has 1 rings (SSSR count). The molecule has 0 saturated heterocycles. The molecule has 0 aliphatic heterocycles. The van der Waals surface area contributed by atoms with Gasteiger partial charge in [-0.05, 0) is 30.7 Å². The van der Waals surface area contributed by atoms with E-state index in [1.807, 2.05) is 6.07 Å². The zero-order valence-electron chi connectivity index (χ0n) is 11.1. The zero-order valence-corrected chi connectivity index (χ0v) is 11.9. The minimum atomic E-state index is -3.46. The normalized spacial score (nSPS) is 12.0. The summed E-state index contributed by atoms with van der Waals surface area (Å²) in [6.45, 7) is 3.70. The van der Waals surface area contributed by atoms with Crippen LogP contribution >= 0.6 is 0 Å². The Morgan fingerprint density at radius 2 is 2.00 bits per heavy atom. The van der Waals surface area contributed by atoms with E-state index >= 15 is 0 Å². The van der Waals surface area contributed by atoms with Gasteiger partial charge in [-0.15, -0.1) is 4.83 Å². The Balaban J connectivity index is 2.81. The van der Waals surface area contributed by atoms with Crippen molar-refractivity contribution in [2.45, 2.75) is 24.8 Å². The maximum absolute atomic E-state index is 12.0. The second-order valence-electron chi connectivity index (χ2n) is 4.31. The molecule has 0 aromatic heterocycles. The maximum Gasteiger partial charge on any atom is 0.253 e. The van der Waals surface area contributed by atoms with Crippen molar-refractivity contribution >= 4 is 10.0 Å². The molecular weight excluding hydrogens is 250 g/mol. The Morgan fingerprint density at radius 1 is 1.28 bits per heavy atom. The maximum atomic E-state index is 12.0. The first-order valence-corrected chi connectivity index (χ1v) is 7.43. The van der Waals surface area contributed by atoms with Crippen LogP contribution in [0.1, 0.15) is 18.9 Å². The van der Waals surface area contributed by atoms with Gasteiger partial charge in [-0.25, -0.2) is 13.4 Å². The van der Waals surface area contributed by atoms with E-state index in [0.29, 0.717) is 6.54 Å².